The number of nitrogens with one attached hydrogen (secondary N) is 1. The van der Waals surface area contributed by atoms with Crippen molar-refractivity contribution in [1.29, 1.82) is 0 Å². The molecule has 0 atom stereocenters. The first-order chi connectivity index (χ1) is 13.9. The minimum atomic E-state index is -0.436. The molecule has 0 fully saturated rings. The van der Waals surface area contributed by atoms with Crippen LogP contribution < -0.4 is 5.56 Å². The Morgan fingerprint density at radius 1 is 1.28 bits per heavy atom. The average Bonchev–Trinajstić information content (AvgIpc) is 3.25. The number of esters is 1. The number of hydrogen-bond donors (Lipinski definition) is 1. The highest BCUT2D eigenvalue weighted by atomic mass is 35.5. The number of carbonyl (C=O) groups excluding carboxylic acids is 1. The summed E-state index contributed by atoms with van der Waals surface area (Å²) >= 11 is 8.91. The van der Waals surface area contributed by atoms with Gasteiger partial charge < -0.3 is 9.72 Å². The minimum absolute atomic E-state index is 0.0424. The second kappa shape index (κ2) is 8.06. The van der Waals surface area contributed by atoms with Gasteiger partial charge in [0.15, 0.2) is 0 Å². The zero-order chi connectivity index (χ0) is 20.5. The van der Waals surface area contributed by atoms with Gasteiger partial charge in [0.1, 0.15) is 22.3 Å². The van der Waals surface area contributed by atoms with Crippen LogP contribution in [-0.2, 0) is 22.6 Å². The first-order valence-corrected chi connectivity index (χ1v) is 10.8. The molecule has 0 aliphatic heterocycles. The lowest BCUT2D eigenvalue weighted by molar-refractivity contribution is -0.144. The third-order valence-electron chi connectivity index (χ3n) is 4.41. The summed E-state index contributed by atoms with van der Waals surface area (Å²) in [4.78, 5) is 37.8. The first kappa shape index (κ1) is 19.8. The standard InChI is InChI=1S/C20H16ClN3O3S2/c1-10-11(2)29-20-17(10)18(26)23-15(24-20)8-27-16(25)7-14-9-28-19(22-14)12-4-3-5-13(21)6-12/h3-6,9H,7-8H2,1-2H3,(H,23,24,26). The maximum Gasteiger partial charge on any atom is 0.312 e. The van der Waals surface area contributed by atoms with E-state index in [1.165, 1.54) is 22.7 Å². The molecule has 4 aromatic rings. The van der Waals surface area contributed by atoms with Crippen molar-refractivity contribution in [2.45, 2.75) is 26.9 Å². The Balaban J connectivity index is 1.42. The summed E-state index contributed by atoms with van der Waals surface area (Å²) < 4.78 is 5.28. The molecule has 4 rings (SSSR count). The zero-order valence-corrected chi connectivity index (χ0v) is 18.0. The van der Waals surface area contributed by atoms with Crippen LogP contribution in [0, 0.1) is 13.8 Å². The highest BCUT2D eigenvalue weighted by Crippen LogP contribution is 2.27. The van der Waals surface area contributed by atoms with Crippen LogP contribution >= 0.6 is 34.3 Å². The van der Waals surface area contributed by atoms with E-state index in [0.29, 0.717) is 26.8 Å². The number of aromatic nitrogens is 3. The summed E-state index contributed by atoms with van der Waals surface area (Å²) in [5.41, 5.74) is 2.24. The smallest absolute Gasteiger partial charge is 0.312 e. The van der Waals surface area contributed by atoms with Crippen LogP contribution in [0.2, 0.25) is 5.02 Å². The van der Waals surface area contributed by atoms with Crippen LogP contribution in [0.4, 0.5) is 0 Å². The maximum absolute atomic E-state index is 12.3. The van der Waals surface area contributed by atoms with Crippen LogP contribution in [0.3, 0.4) is 0 Å². The van der Waals surface area contributed by atoms with Crippen molar-refractivity contribution in [3.63, 3.8) is 0 Å². The molecule has 148 valence electrons. The van der Waals surface area contributed by atoms with Crippen LogP contribution in [0.15, 0.2) is 34.4 Å². The molecule has 0 spiro atoms. The van der Waals surface area contributed by atoms with Gasteiger partial charge in [0.2, 0.25) is 0 Å². The molecule has 3 heterocycles. The topological polar surface area (TPSA) is 84.9 Å². The normalized spacial score (nSPS) is 11.1. The van der Waals surface area contributed by atoms with Crippen molar-refractivity contribution in [3.05, 3.63) is 67.0 Å². The second-order valence-electron chi connectivity index (χ2n) is 6.47. The van der Waals surface area contributed by atoms with E-state index >= 15 is 0 Å². The van der Waals surface area contributed by atoms with E-state index in [4.69, 9.17) is 16.3 Å². The number of ether oxygens (including phenoxy) is 1. The van der Waals surface area contributed by atoms with Crippen LogP contribution in [0.1, 0.15) is 22.0 Å². The van der Waals surface area contributed by atoms with Gasteiger partial charge in [-0.25, -0.2) is 9.97 Å². The predicted molar refractivity (Wildman–Crippen MR) is 116 cm³/mol. The van der Waals surface area contributed by atoms with Gasteiger partial charge >= 0.3 is 5.97 Å². The molecule has 1 aromatic carbocycles. The average molecular weight is 446 g/mol. The highest BCUT2D eigenvalue weighted by Gasteiger charge is 2.14. The van der Waals surface area contributed by atoms with Crippen molar-refractivity contribution in [1.82, 2.24) is 15.0 Å². The van der Waals surface area contributed by atoms with E-state index in [9.17, 15) is 9.59 Å². The Bertz CT molecular complexity index is 1280. The van der Waals surface area contributed by atoms with Gasteiger partial charge in [-0.15, -0.1) is 22.7 Å². The summed E-state index contributed by atoms with van der Waals surface area (Å²) in [6.07, 6.45) is 0.0424. The molecule has 0 aliphatic carbocycles. The van der Waals surface area contributed by atoms with E-state index < -0.39 is 5.97 Å². The van der Waals surface area contributed by atoms with Crippen molar-refractivity contribution in [2.24, 2.45) is 0 Å². The molecule has 0 saturated heterocycles. The fraction of sp³-hybridized carbons (Fsp3) is 0.200. The fourth-order valence-corrected chi connectivity index (χ4v) is 4.91. The SMILES string of the molecule is Cc1sc2nc(COC(=O)Cc3csc(-c4cccc(Cl)c4)n3)[nH]c(=O)c2c1C. The molecule has 9 heteroatoms. The lowest BCUT2D eigenvalue weighted by Crippen LogP contribution is -2.15. The summed E-state index contributed by atoms with van der Waals surface area (Å²) in [5, 5.41) is 3.84. The summed E-state index contributed by atoms with van der Waals surface area (Å²) in [5.74, 6) is -0.107. The predicted octanol–water partition coefficient (Wildman–Crippen LogP) is 4.66. The van der Waals surface area contributed by atoms with Gasteiger partial charge in [0.25, 0.3) is 5.56 Å². The Labute approximate surface area is 179 Å². The monoisotopic (exact) mass is 445 g/mol. The van der Waals surface area contributed by atoms with E-state index in [1.807, 2.05) is 37.4 Å². The van der Waals surface area contributed by atoms with Gasteiger partial charge in [-0.05, 0) is 31.5 Å². The van der Waals surface area contributed by atoms with Crippen molar-refractivity contribution >= 4 is 50.5 Å². The third-order valence-corrected chi connectivity index (χ3v) is 6.68. The Hall–Kier alpha value is -2.55. The Morgan fingerprint density at radius 3 is 2.90 bits per heavy atom. The molecule has 0 unspecified atom stereocenters. The molecule has 29 heavy (non-hydrogen) atoms. The lowest BCUT2D eigenvalue weighted by Gasteiger charge is -2.03. The molecule has 0 radical (unpaired) electrons. The number of aryl methyl sites for hydroxylation is 2. The van der Waals surface area contributed by atoms with Crippen LogP contribution in [-0.4, -0.2) is 20.9 Å². The van der Waals surface area contributed by atoms with Gasteiger partial charge in [0.05, 0.1) is 17.5 Å². The van der Waals surface area contributed by atoms with Gasteiger partial charge in [0, 0.05) is 20.8 Å². The molecule has 0 amide bonds. The summed E-state index contributed by atoms with van der Waals surface area (Å²) in [7, 11) is 0. The van der Waals surface area contributed by atoms with Crippen molar-refractivity contribution in [2.75, 3.05) is 0 Å². The molecule has 1 N–H and O–H groups in total. The number of thiazole rings is 1. The van der Waals surface area contributed by atoms with Crippen molar-refractivity contribution in [3.8, 4) is 10.6 Å². The van der Waals surface area contributed by atoms with Gasteiger partial charge in [-0.2, -0.15) is 0 Å². The second-order valence-corrected chi connectivity index (χ2v) is 8.97. The molecule has 6 nitrogen and oxygen atoms in total. The number of rotatable bonds is 5. The minimum Gasteiger partial charge on any atom is -0.457 e. The van der Waals surface area contributed by atoms with Crippen molar-refractivity contribution < 1.29 is 9.53 Å². The molecular formula is C20H16ClN3O3S2. The van der Waals surface area contributed by atoms with E-state index in [1.54, 1.807) is 6.07 Å². The molecular weight excluding hydrogens is 430 g/mol. The number of hydrogen-bond acceptors (Lipinski definition) is 7. The number of benzene rings is 1. The van der Waals surface area contributed by atoms with Gasteiger partial charge in [-0.3, -0.25) is 9.59 Å². The van der Waals surface area contributed by atoms with Gasteiger partial charge in [-0.1, -0.05) is 23.7 Å². The van der Waals surface area contributed by atoms with Crippen LogP contribution in [0.25, 0.3) is 20.8 Å². The molecule has 0 aliphatic rings. The zero-order valence-electron chi connectivity index (χ0n) is 15.6. The highest BCUT2D eigenvalue weighted by molar-refractivity contribution is 7.18. The third kappa shape index (κ3) is 4.24. The van der Waals surface area contributed by atoms with E-state index in [-0.39, 0.29) is 18.6 Å². The van der Waals surface area contributed by atoms with E-state index in [2.05, 4.69) is 15.0 Å². The van der Waals surface area contributed by atoms with E-state index in [0.717, 1.165) is 21.0 Å². The number of thiophene rings is 1. The Kier molecular flexibility index (Phi) is 5.49. The number of fused-ring (bicyclic) bond motifs is 1. The number of H-pyrrole nitrogens is 1. The fourth-order valence-electron chi connectivity index (χ4n) is 2.86. The first-order valence-electron chi connectivity index (χ1n) is 8.75. The quantitative estimate of drug-likeness (QED) is 0.451. The molecule has 0 saturated carbocycles. The maximum atomic E-state index is 12.3. The summed E-state index contributed by atoms with van der Waals surface area (Å²) in [6.45, 7) is 3.76. The largest absolute Gasteiger partial charge is 0.457 e. The number of halogens is 1. The number of aromatic amines is 1. The lowest BCUT2D eigenvalue weighted by atomic mass is 10.2. The molecule has 3 aromatic heterocycles. The Morgan fingerprint density at radius 2 is 2.10 bits per heavy atom. The summed E-state index contributed by atoms with van der Waals surface area (Å²) in [6, 6.07) is 7.40. The van der Waals surface area contributed by atoms with Crippen LogP contribution in [0.5, 0.6) is 0 Å². The number of nitrogens with zero attached hydrogens (tertiary/aromatic N) is 2. The number of carbonyl (C=O) groups is 1. The molecule has 0 bridgehead atoms.